The molecule has 0 aliphatic carbocycles. The molecular weight excluding hydrogens is 280 g/mol. The number of ether oxygens (including phenoxy) is 1. The first-order valence-corrected chi connectivity index (χ1v) is 9.51. The first-order valence-electron chi connectivity index (χ1n) is 7.70. The van der Waals surface area contributed by atoms with E-state index in [0.717, 1.165) is 0 Å². The molecule has 3 atom stereocenters. The van der Waals surface area contributed by atoms with Crippen LogP contribution in [0.4, 0.5) is 0 Å². The average Bonchev–Trinajstić information content (AvgIpc) is 2.35. The van der Waals surface area contributed by atoms with Gasteiger partial charge < -0.3 is 13.6 Å². The molecule has 2 rings (SSSR count). The van der Waals surface area contributed by atoms with Crippen molar-refractivity contribution in [1.82, 2.24) is 0 Å². The quantitative estimate of drug-likeness (QED) is 0.419. The van der Waals surface area contributed by atoms with Gasteiger partial charge in [0.15, 0.2) is 0 Å². The van der Waals surface area contributed by atoms with Crippen molar-refractivity contribution in [1.29, 1.82) is 0 Å². The van der Waals surface area contributed by atoms with Crippen LogP contribution in [0.25, 0.3) is 0 Å². The van der Waals surface area contributed by atoms with E-state index in [0.29, 0.717) is 13.0 Å². The van der Waals surface area contributed by atoms with Gasteiger partial charge in [-0.3, -0.25) is 0 Å². The van der Waals surface area contributed by atoms with E-state index in [-0.39, 0.29) is 28.4 Å². The summed E-state index contributed by atoms with van der Waals surface area (Å²) in [5, 5.41) is -0.000550. The van der Waals surface area contributed by atoms with Crippen LogP contribution < -0.4 is 0 Å². The molecule has 3 nitrogen and oxygen atoms in total. The maximum absolute atomic E-state index is 6.59. The Labute approximate surface area is 130 Å². The van der Waals surface area contributed by atoms with E-state index < -0.39 is 8.56 Å². The number of hydrogen-bond acceptors (Lipinski definition) is 3. The first-order chi connectivity index (χ1) is 9.61. The second kappa shape index (κ2) is 5.55. The van der Waals surface area contributed by atoms with Crippen LogP contribution in [0.3, 0.4) is 0 Å². The molecule has 0 aromatic heterocycles. The Bertz CT molecular complexity index is 436. The summed E-state index contributed by atoms with van der Waals surface area (Å²) in [5.74, 6) is 2.65. The van der Waals surface area contributed by atoms with Gasteiger partial charge in [-0.1, -0.05) is 53.7 Å². The molecule has 0 aromatic rings. The van der Waals surface area contributed by atoms with Gasteiger partial charge in [0.25, 0.3) is 0 Å². The minimum atomic E-state index is -2.41. The second-order valence-corrected chi connectivity index (χ2v) is 12.8. The Morgan fingerprint density at radius 2 is 1.76 bits per heavy atom. The molecule has 1 saturated heterocycles. The molecule has 0 unspecified atom stereocenters. The third kappa shape index (κ3) is 2.98. The molecule has 0 N–H and O–H groups in total. The fraction of sp³-hybridized carbons (Fsp3) is 0.765. The number of terminal acetylenes is 1. The highest BCUT2D eigenvalue weighted by Gasteiger charge is 2.62. The van der Waals surface area contributed by atoms with E-state index in [1.165, 1.54) is 0 Å². The van der Waals surface area contributed by atoms with Crippen LogP contribution in [-0.4, -0.2) is 33.5 Å². The highest BCUT2D eigenvalue weighted by atomic mass is 28.4. The molecule has 0 radical (unpaired) electrons. The van der Waals surface area contributed by atoms with Crippen molar-refractivity contribution in [3.8, 4) is 12.3 Å². The summed E-state index contributed by atoms with van der Waals surface area (Å²) in [7, 11) is -2.41. The van der Waals surface area contributed by atoms with Crippen molar-refractivity contribution in [2.45, 2.75) is 76.4 Å². The highest BCUT2D eigenvalue weighted by molar-refractivity contribution is 6.73. The van der Waals surface area contributed by atoms with Crippen LogP contribution in [0.15, 0.2) is 12.2 Å². The predicted molar refractivity (Wildman–Crippen MR) is 87.3 cm³/mol. The molecule has 1 fully saturated rings. The van der Waals surface area contributed by atoms with Crippen molar-refractivity contribution in [3.05, 3.63) is 12.2 Å². The molecule has 2 aliphatic rings. The monoisotopic (exact) mass is 308 g/mol. The predicted octanol–water partition coefficient (Wildman–Crippen LogP) is 3.79. The molecule has 0 amide bonds. The third-order valence-corrected chi connectivity index (χ3v) is 9.40. The average molecular weight is 308 g/mol. The smallest absolute Gasteiger partial charge is 0.349 e. The Hall–Kier alpha value is -0.603. The summed E-state index contributed by atoms with van der Waals surface area (Å²) in [6.07, 6.45) is 10.1. The number of fused-ring (bicyclic) bond motifs is 1. The van der Waals surface area contributed by atoms with Gasteiger partial charge in [0.05, 0.1) is 18.8 Å². The fourth-order valence-electron chi connectivity index (χ4n) is 3.52. The zero-order valence-electron chi connectivity index (χ0n) is 14.1. The van der Waals surface area contributed by atoms with Crippen molar-refractivity contribution < 1.29 is 13.6 Å². The standard InChI is InChI=1S/C17H28O3Si/c1-8-9-13-10-11-14-15(19-13)12-18-21(20-14,16(2,3)4)17(5,6)7/h1,10-11,13-15H,9,12H2,2-7H3/t13-,14-,15-/m1/s1. The Balaban J connectivity index is 2.25. The van der Waals surface area contributed by atoms with Gasteiger partial charge in [0.2, 0.25) is 0 Å². The van der Waals surface area contributed by atoms with E-state index in [2.05, 4.69) is 53.5 Å². The zero-order valence-corrected chi connectivity index (χ0v) is 15.1. The van der Waals surface area contributed by atoms with Gasteiger partial charge in [-0.2, -0.15) is 0 Å². The van der Waals surface area contributed by atoms with Crippen molar-refractivity contribution in [2.24, 2.45) is 0 Å². The Morgan fingerprint density at radius 3 is 2.29 bits per heavy atom. The van der Waals surface area contributed by atoms with E-state index >= 15 is 0 Å². The van der Waals surface area contributed by atoms with Gasteiger partial charge in [0, 0.05) is 16.5 Å². The summed E-state index contributed by atoms with van der Waals surface area (Å²) >= 11 is 0. The normalized spacial score (nSPS) is 32.3. The van der Waals surface area contributed by atoms with Gasteiger partial charge in [0.1, 0.15) is 6.10 Å². The maximum atomic E-state index is 6.59. The first kappa shape index (κ1) is 16.8. The lowest BCUT2D eigenvalue weighted by molar-refractivity contribution is -0.114. The van der Waals surface area contributed by atoms with E-state index in [1.807, 2.05) is 6.08 Å². The summed E-state index contributed by atoms with van der Waals surface area (Å²) in [5.41, 5.74) is 0. The largest absolute Gasteiger partial charge is 0.391 e. The van der Waals surface area contributed by atoms with E-state index in [1.54, 1.807) is 0 Å². The lowest BCUT2D eigenvalue weighted by Crippen LogP contribution is -2.65. The molecule has 0 aromatic carbocycles. The second-order valence-electron chi connectivity index (χ2n) is 8.02. The minimum Gasteiger partial charge on any atom is -0.391 e. The van der Waals surface area contributed by atoms with Crippen molar-refractivity contribution in [2.75, 3.05) is 6.61 Å². The molecule has 21 heavy (non-hydrogen) atoms. The summed E-state index contributed by atoms with van der Waals surface area (Å²) in [6.45, 7) is 13.9. The van der Waals surface area contributed by atoms with Crippen molar-refractivity contribution >= 4 is 8.56 Å². The van der Waals surface area contributed by atoms with Crippen LogP contribution in [0.1, 0.15) is 48.0 Å². The lowest BCUT2D eigenvalue weighted by Gasteiger charge is -2.55. The molecular formula is C17H28O3Si. The van der Waals surface area contributed by atoms with Gasteiger partial charge in [-0.15, -0.1) is 12.3 Å². The van der Waals surface area contributed by atoms with Gasteiger partial charge in [-0.25, -0.2) is 0 Å². The molecule has 118 valence electrons. The molecule has 4 heteroatoms. The Morgan fingerprint density at radius 1 is 1.14 bits per heavy atom. The van der Waals surface area contributed by atoms with Gasteiger partial charge in [-0.05, 0) is 0 Å². The third-order valence-electron chi connectivity index (χ3n) is 4.28. The topological polar surface area (TPSA) is 27.7 Å². The molecule has 0 saturated carbocycles. The van der Waals surface area contributed by atoms with Gasteiger partial charge >= 0.3 is 8.56 Å². The fourth-order valence-corrected chi connectivity index (χ4v) is 8.43. The van der Waals surface area contributed by atoms with Crippen LogP contribution in [-0.2, 0) is 13.6 Å². The number of rotatable bonds is 1. The molecule has 0 spiro atoms. The zero-order chi connectivity index (χ0) is 15.9. The SMILES string of the molecule is C#CC[C@@H]1C=C[C@H]2O[Si](C(C)(C)C)(C(C)(C)C)OC[C@H]2O1. The van der Waals surface area contributed by atoms with Crippen LogP contribution in [0.5, 0.6) is 0 Å². The van der Waals surface area contributed by atoms with E-state index in [4.69, 9.17) is 20.0 Å². The van der Waals surface area contributed by atoms with Crippen LogP contribution >= 0.6 is 0 Å². The van der Waals surface area contributed by atoms with Crippen LogP contribution in [0.2, 0.25) is 10.1 Å². The molecule has 2 aliphatic heterocycles. The Kier molecular flexibility index (Phi) is 4.43. The highest BCUT2D eigenvalue weighted by Crippen LogP contribution is 2.54. The van der Waals surface area contributed by atoms with Crippen LogP contribution in [0, 0.1) is 12.3 Å². The lowest BCUT2D eigenvalue weighted by atomic mass is 10.1. The summed E-state index contributed by atoms with van der Waals surface area (Å²) < 4.78 is 19.0. The number of hydrogen-bond donors (Lipinski definition) is 0. The minimum absolute atomic E-state index is 0.000275. The van der Waals surface area contributed by atoms with E-state index in [9.17, 15) is 0 Å². The summed E-state index contributed by atoms with van der Waals surface area (Å²) in [6, 6.07) is 0. The molecule has 2 heterocycles. The summed E-state index contributed by atoms with van der Waals surface area (Å²) in [4.78, 5) is 0. The maximum Gasteiger partial charge on any atom is 0.349 e. The van der Waals surface area contributed by atoms with Crippen molar-refractivity contribution in [3.63, 3.8) is 0 Å². The molecule has 0 bridgehead atoms.